The van der Waals surface area contributed by atoms with Crippen molar-refractivity contribution in [3.63, 3.8) is 0 Å². The molecular weight excluding hydrogens is 274 g/mol. The second kappa shape index (κ2) is 4.72. The van der Waals surface area contributed by atoms with Gasteiger partial charge in [0.2, 0.25) is 6.33 Å². The normalized spacial score (nSPS) is 10.2. The molecule has 0 aliphatic rings. The fraction of sp³-hybridized carbons (Fsp3) is 0. The van der Waals surface area contributed by atoms with E-state index in [0.717, 1.165) is 35.3 Å². The van der Waals surface area contributed by atoms with Crippen LogP contribution in [0.5, 0.6) is 0 Å². The van der Waals surface area contributed by atoms with E-state index in [1.54, 1.807) is 0 Å². The summed E-state index contributed by atoms with van der Waals surface area (Å²) in [5, 5.41) is 32.0. The Labute approximate surface area is 109 Å². The molecule has 0 saturated heterocycles. The maximum Gasteiger partial charge on any atom is 0.381 e. The van der Waals surface area contributed by atoms with E-state index in [0.29, 0.717) is 0 Å². The number of benzene rings is 1. The van der Waals surface area contributed by atoms with E-state index in [2.05, 4.69) is 4.98 Å². The van der Waals surface area contributed by atoms with Gasteiger partial charge in [-0.15, -0.1) is 0 Å². The van der Waals surface area contributed by atoms with Crippen LogP contribution >= 0.6 is 0 Å². The largest absolute Gasteiger partial charge is 0.381 e. The van der Waals surface area contributed by atoms with E-state index in [9.17, 15) is 30.3 Å². The third kappa shape index (κ3) is 2.27. The minimum atomic E-state index is -0.811. The second-order valence-corrected chi connectivity index (χ2v) is 3.58. The zero-order chi connectivity index (χ0) is 14.9. The third-order valence-corrected chi connectivity index (χ3v) is 2.40. The van der Waals surface area contributed by atoms with Crippen molar-refractivity contribution in [3.05, 3.63) is 61.1 Å². The number of imidazole rings is 1. The molecule has 1 heterocycles. The van der Waals surface area contributed by atoms with E-state index in [4.69, 9.17) is 0 Å². The number of hydrogen-bond donors (Lipinski definition) is 0. The molecular formula is C9H5N5O6. The average molecular weight is 279 g/mol. The Kier molecular flexibility index (Phi) is 3.08. The number of aromatic nitrogens is 2. The summed E-state index contributed by atoms with van der Waals surface area (Å²) >= 11 is 0. The van der Waals surface area contributed by atoms with Gasteiger partial charge in [-0.2, -0.15) is 0 Å². The zero-order valence-electron chi connectivity index (χ0n) is 9.57. The first-order chi connectivity index (χ1) is 9.40. The van der Waals surface area contributed by atoms with Crippen molar-refractivity contribution in [2.75, 3.05) is 0 Å². The maximum absolute atomic E-state index is 10.9. The van der Waals surface area contributed by atoms with Gasteiger partial charge in [0.05, 0.1) is 15.9 Å². The van der Waals surface area contributed by atoms with Gasteiger partial charge in [-0.05, 0) is 16.0 Å². The van der Waals surface area contributed by atoms with Crippen LogP contribution in [0.3, 0.4) is 0 Å². The van der Waals surface area contributed by atoms with E-state index in [1.165, 1.54) is 0 Å². The van der Waals surface area contributed by atoms with E-state index >= 15 is 0 Å². The molecule has 11 heteroatoms. The minimum absolute atomic E-state index is 0.0544. The van der Waals surface area contributed by atoms with Crippen molar-refractivity contribution in [2.24, 2.45) is 0 Å². The lowest BCUT2D eigenvalue weighted by atomic mass is 10.2. The molecule has 0 fully saturated rings. The van der Waals surface area contributed by atoms with Crippen molar-refractivity contribution in [2.45, 2.75) is 0 Å². The maximum atomic E-state index is 10.9. The molecule has 0 spiro atoms. The topological polar surface area (TPSA) is 147 Å². The van der Waals surface area contributed by atoms with Gasteiger partial charge in [-0.3, -0.25) is 24.8 Å². The fourth-order valence-electron chi connectivity index (χ4n) is 1.53. The van der Waals surface area contributed by atoms with Crippen LogP contribution in [-0.2, 0) is 0 Å². The Morgan fingerprint density at radius 3 is 2.20 bits per heavy atom. The molecule has 11 nitrogen and oxygen atoms in total. The zero-order valence-corrected chi connectivity index (χ0v) is 9.57. The first-order valence-electron chi connectivity index (χ1n) is 5.01. The molecule has 1 aromatic heterocycles. The molecule has 0 aliphatic heterocycles. The molecule has 0 unspecified atom stereocenters. The Hall–Kier alpha value is -3.37. The Morgan fingerprint density at radius 1 is 1.00 bits per heavy atom. The molecule has 0 aliphatic carbocycles. The Balaban J connectivity index is 2.57. The van der Waals surface area contributed by atoms with Crippen molar-refractivity contribution in [3.8, 4) is 5.69 Å². The van der Waals surface area contributed by atoms with Crippen molar-refractivity contribution in [1.82, 2.24) is 9.55 Å². The van der Waals surface area contributed by atoms with E-state index < -0.39 is 32.0 Å². The lowest BCUT2D eigenvalue weighted by Crippen LogP contribution is -2.00. The van der Waals surface area contributed by atoms with Gasteiger partial charge in [0, 0.05) is 6.07 Å². The molecule has 102 valence electrons. The van der Waals surface area contributed by atoms with E-state index in [1.807, 2.05) is 0 Å². The average Bonchev–Trinajstić information content (AvgIpc) is 2.87. The molecule has 20 heavy (non-hydrogen) atoms. The lowest BCUT2D eigenvalue weighted by Gasteiger charge is -2.01. The summed E-state index contributed by atoms with van der Waals surface area (Å²) in [7, 11) is 0. The van der Waals surface area contributed by atoms with Crippen LogP contribution in [-0.4, -0.2) is 24.3 Å². The molecule has 0 N–H and O–H groups in total. The van der Waals surface area contributed by atoms with Crippen molar-refractivity contribution < 1.29 is 14.8 Å². The SMILES string of the molecule is O=[N+]([O-])c1ccc(-n2cnc([N+](=O)[O-])c2)c([N+](=O)[O-])c1. The molecule has 2 rings (SSSR count). The summed E-state index contributed by atoms with van der Waals surface area (Å²) in [6.45, 7) is 0. The first kappa shape index (κ1) is 13.1. The number of hydrogen-bond acceptors (Lipinski definition) is 7. The van der Waals surface area contributed by atoms with Crippen LogP contribution in [0.1, 0.15) is 0 Å². The van der Waals surface area contributed by atoms with Crippen LogP contribution in [0.15, 0.2) is 30.7 Å². The van der Waals surface area contributed by atoms with Gasteiger partial charge >= 0.3 is 5.82 Å². The van der Waals surface area contributed by atoms with Crippen LogP contribution < -0.4 is 0 Å². The van der Waals surface area contributed by atoms with Gasteiger partial charge in [0.1, 0.15) is 11.9 Å². The summed E-state index contributed by atoms with van der Waals surface area (Å²) in [6, 6.07) is 2.97. The summed E-state index contributed by atoms with van der Waals surface area (Å²) < 4.78 is 1.06. The summed E-state index contributed by atoms with van der Waals surface area (Å²) in [6.07, 6.45) is 2.00. The molecule has 0 atom stereocenters. The molecule has 0 radical (unpaired) electrons. The molecule has 2 aromatic rings. The van der Waals surface area contributed by atoms with E-state index in [-0.39, 0.29) is 5.69 Å². The van der Waals surface area contributed by atoms with Gasteiger partial charge in [0.25, 0.3) is 11.4 Å². The van der Waals surface area contributed by atoms with Crippen LogP contribution in [0.2, 0.25) is 0 Å². The van der Waals surface area contributed by atoms with Gasteiger partial charge in [-0.25, -0.2) is 0 Å². The van der Waals surface area contributed by atoms with Crippen LogP contribution in [0.4, 0.5) is 17.2 Å². The highest BCUT2D eigenvalue weighted by Crippen LogP contribution is 2.28. The second-order valence-electron chi connectivity index (χ2n) is 3.58. The monoisotopic (exact) mass is 279 g/mol. The number of nitrogens with zero attached hydrogens (tertiary/aromatic N) is 5. The standard InChI is InChI=1S/C9H5N5O6/c15-12(16)6-1-2-7(8(3-6)13(17)18)11-4-9(10-5-11)14(19)20/h1-5H. The number of rotatable bonds is 4. The number of nitro benzene ring substituents is 2. The number of non-ortho nitro benzene ring substituents is 1. The highest BCUT2D eigenvalue weighted by Gasteiger charge is 2.22. The first-order valence-corrected chi connectivity index (χ1v) is 5.01. The summed E-state index contributed by atoms with van der Waals surface area (Å²) in [5.41, 5.74) is -1.05. The minimum Gasteiger partial charge on any atom is -0.358 e. The third-order valence-electron chi connectivity index (χ3n) is 2.40. The fourth-order valence-corrected chi connectivity index (χ4v) is 1.53. The molecule has 1 aromatic carbocycles. The predicted molar refractivity (Wildman–Crippen MR) is 63.5 cm³/mol. The quantitative estimate of drug-likeness (QED) is 0.609. The highest BCUT2D eigenvalue weighted by atomic mass is 16.6. The Bertz CT molecular complexity index is 723. The Morgan fingerprint density at radius 2 is 1.70 bits per heavy atom. The number of nitro groups is 3. The van der Waals surface area contributed by atoms with Crippen LogP contribution in [0.25, 0.3) is 5.69 Å². The molecule has 0 bridgehead atoms. The summed E-state index contributed by atoms with van der Waals surface area (Å²) in [5.74, 6) is -0.488. The van der Waals surface area contributed by atoms with Gasteiger partial charge < -0.3 is 10.1 Å². The van der Waals surface area contributed by atoms with Gasteiger partial charge in [-0.1, -0.05) is 0 Å². The lowest BCUT2D eigenvalue weighted by molar-refractivity contribution is -0.394. The van der Waals surface area contributed by atoms with Crippen LogP contribution in [0, 0.1) is 30.3 Å². The highest BCUT2D eigenvalue weighted by molar-refractivity contribution is 5.58. The van der Waals surface area contributed by atoms with Crippen molar-refractivity contribution >= 4 is 17.2 Å². The molecule has 0 saturated carbocycles. The predicted octanol–water partition coefficient (Wildman–Crippen LogP) is 1.60. The molecule has 0 amide bonds. The van der Waals surface area contributed by atoms with Gasteiger partial charge in [0.15, 0.2) is 0 Å². The summed E-state index contributed by atoms with van der Waals surface area (Å²) in [4.78, 5) is 33.2. The van der Waals surface area contributed by atoms with Crippen molar-refractivity contribution in [1.29, 1.82) is 0 Å². The smallest absolute Gasteiger partial charge is 0.358 e.